The van der Waals surface area contributed by atoms with Crippen LogP contribution in [0.3, 0.4) is 0 Å². The van der Waals surface area contributed by atoms with Gasteiger partial charge < -0.3 is 14.8 Å². The quantitative estimate of drug-likeness (QED) is 0.410. The van der Waals surface area contributed by atoms with Crippen molar-refractivity contribution in [1.82, 2.24) is 0 Å². The third-order valence-corrected chi connectivity index (χ3v) is 8.10. The van der Waals surface area contributed by atoms with E-state index in [0.717, 1.165) is 23.2 Å². The Labute approximate surface area is 204 Å². The average Bonchev–Trinajstić information content (AvgIpc) is 3.33. The first kappa shape index (κ1) is 22.6. The van der Waals surface area contributed by atoms with Gasteiger partial charge in [-0.15, -0.1) is 0 Å². The molecule has 176 valence electrons. The summed E-state index contributed by atoms with van der Waals surface area (Å²) in [6.07, 6.45) is 5.21. The van der Waals surface area contributed by atoms with Crippen LogP contribution in [0.4, 0.5) is 11.4 Å². The Morgan fingerprint density at radius 2 is 1.82 bits per heavy atom. The van der Waals surface area contributed by atoms with E-state index in [-0.39, 0.29) is 22.8 Å². The second kappa shape index (κ2) is 8.89. The van der Waals surface area contributed by atoms with Crippen LogP contribution in [0.15, 0.2) is 77.7 Å². The first-order chi connectivity index (χ1) is 16.4. The van der Waals surface area contributed by atoms with Crippen LogP contribution in [0.5, 0.6) is 11.5 Å². The van der Waals surface area contributed by atoms with E-state index in [1.54, 1.807) is 50.6 Å². The van der Waals surface area contributed by atoms with Crippen LogP contribution in [-0.4, -0.2) is 22.6 Å². The lowest BCUT2D eigenvalue weighted by molar-refractivity contribution is 0.341. The third-order valence-electron chi connectivity index (χ3n) is 6.49. The van der Waals surface area contributed by atoms with Gasteiger partial charge in [-0.2, -0.15) is 0 Å². The number of halogens is 1. The van der Waals surface area contributed by atoms with E-state index in [2.05, 4.69) is 22.2 Å². The number of anilines is 2. The molecule has 6 nitrogen and oxygen atoms in total. The van der Waals surface area contributed by atoms with Crippen molar-refractivity contribution in [3.8, 4) is 11.5 Å². The largest absolute Gasteiger partial charge is 0.493 e. The van der Waals surface area contributed by atoms with Crippen molar-refractivity contribution >= 4 is 33.0 Å². The maximum Gasteiger partial charge on any atom is 0.261 e. The Morgan fingerprint density at radius 1 is 1.00 bits per heavy atom. The molecule has 1 heterocycles. The SMILES string of the molecule is COc1cccc([C@H]2Nc3ccc(S(=O)(=O)Nc4cccc(Cl)c4)cc3[C@H]3C=CC[C@H]32)c1OC. The Balaban J connectivity index is 1.51. The highest BCUT2D eigenvalue weighted by Gasteiger charge is 2.40. The summed E-state index contributed by atoms with van der Waals surface area (Å²) in [5.74, 6) is 1.69. The molecule has 34 heavy (non-hydrogen) atoms. The number of para-hydroxylation sites is 1. The summed E-state index contributed by atoms with van der Waals surface area (Å²) in [6, 6.07) is 17.8. The number of rotatable bonds is 6. The fourth-order valence-corrected chi connectivity index (χ4v) is 6.25. The maximum absolute atomic E-state index is 13.1. The van der Waals surface area contributed by atoms with Crippen LogP contribution in [-0.2, 0) is 10.0 Å². The molecule has 1 aliphatic carbocycles. The van der Waals surface area contributed by atoms with Gasteiger partial charge in [-0.3, -0.25) is 4.72 Å². The van der Waals surface area contributed by atoms with Gasteiger partial charge >= 0.3 is 0 Å². The summed E-state index contributed by atoms with van der Waals surface area (Å²) in [5, 5.41) is 4.10. The van der Waals surface area contributed by atoms with E-state index in [0.29, 0.717) is 22.2 Å². The summed E-state index contributed by atoms with van der Waals surface area (Å²) in [4.78, 5) is 0.212. The Morgan fingerprint density at radius 3 is 2.59 bits per heavy atom. The molecule has 8 heteroatoms. The predicted molar refractivity (Wildman–Crippen MR) is 135 cm³/mol. The number of hydrogen-bond acceptors (Lipinski definition) is 5. The molecule has 1 aliphatic heterocycles. The van der Waals surface area contributed by atoms with Gasteiger partial charge in [0, 0.05) is 22.2 Å². The van der Waals surface area contributed by atoms with E-state index < -0.39 is 10.0 Å². The van der Waals surface area contributed by atoms with E-state index in [9.17, 15) is 8.42 Å². The van der Waals surface area contributed by atoms with Crippen molar-refractivity contribution < 1.29 is 17.9 Å². The molecule has 0 saturated carbocycles. The number of ether oxygens (including phenoxy) is 2. The zero-order chi connectivity index (χ0) is 23.9. The molecule has 0 spiro atoms. The van der Waals surface area contributed by atoms with E-state index >= 15 is 0 Å². The molecule has 0 saturated heterocycles. The fourth-order valence-electron chi connectivity index (χ4n) is 4.97. The molecule has 3 aromatic carbocycles. The van der Waals surface area contributed by atoms with E-state index in [1.807, 2.05) is 24.3 Å². The molecular weight excluding hydrogens is 472 g/mol. The second-order valence-electron chi connectivity index (χ2n) is 8.42. The predicted octanol–water partition coefficient (Wildman–Crippen LogP) is 5.98. The first-order valence-electron chi connectivity index (χ1n) is 11.0. The Hall–Kier alpha value is -3.16. The minimum atomic E-state index is -3.77. The molecule has 2 N–H and O–H groups in total. The van der Waals surface area contributed by atoms with Gasteiger partial charge in [0.25, 0.3) is 10.0 Å². The second-order valence-corrected chi connectivity index (χ2v) is 10.5. The van der Waals surface area contributed by atoms with Gasteiger partial charge in [0.1, 0.15) is 0 Å². The van der Waals surface area contributed by atoms with Crippen LogP contribution in [0.25, 0.3) is 0 Å². The Bertz CT molecular complexity index is 1370. The zero-order valence-corrected chi connectivity index (χ0v) is 20.4. The molecule has 0 amide bonds. The van der Waals surface area contributed by atoms with Gasteiger partial charge in [0.05, 0.1) is 30.8 Å². The number of hydrogen-bond donors (Lipinski definition) is 2. The van der Waals surface area contributed by atoms with Gasteiger partial charge in [-0.25, -0.2) is 8.42 Å². The first-order valence-corrected chi connectivity index (χ1v) is 12.8. The number of sulfonamides is 1. The van der Waals surface area contributed by atoms with Gasteiger partial charge in [0.15, 0.2) is 11.5 Å². The van der Waals surface area contributed by atoms with Gasteiger partial charge in [-0.05, 0) is 60.4 Å². The van der Waals surface area contributed by atoms with Crippen LogP contribution >= 0.6 is 11.6 Å². The number of fused-ring (bicyclic) bond motifs is 3. The Kier molecular flexibility index (Phi) is 5.91. The lowest BCUT2D eigenvalue weighted by Gasteiger charge is -2.38. The minimum Gasteiger partial charge on any atom is -0.493 e. The van der Waals surface area contributed by atoms with Crippen LogP contribution in [0, 0.1) is 5.92 Å². The van der Waals surface area contributed by atoms with Crippen molar-refractivity contribution in [3.63, 3.8) is 0 Å². The highest BCUT2D eigenvalue weighted by atomic mass is 35.5. The average molecular weight is 497 g/mol. The van der Waals surface area contributed by atoms with Crippen molar-refractivity contribution in [2.45, 2.75) is 23.3 Å². The standard InChI is InChI=1S/C26H25ClN2O4S/c1-32-24-11-5-10-21(26(24)33-2)25-20-9-4-8-19(20)22-15-18(12-13-23(22)28-25)34(30,31)29-17-7-3-6-16(27)14-17/h3-8,10-15,19-20,25,28-29H,9H2,1-2H3/t19-,20+,25-/m0/s1. The summed E-state index contributed by atoms with van der Waals surface area (Å²) in [5.41, 5.74) is 3.31. The molecule has 0 bridgehead atoms. The summed E-state index contributed by atoms with van der Waals surface area (Å²) >= 11 is 6.01. The lowest BCUT2D eigenvalue weighted by atomic mass is 9.77. The maximum atomic E-state index is 13.1. The summed E-state index contributed by atoms with van der Waals surface area (Å²) < 4.78 is 40.0. The fraction of sp³-hybridized carbons (Fsp3) is 0.231. The highest BCUT2D eigenvalue weighted by molar-refractivity contribution is 7.92. The molecule has 5 rings (SSSR count). The summed E-state index contributed by atoms with van der Waals surface area (Å²) in [6.45, 7) is 0. The molecule has 0 radical (unpaired) electrons. The molecule has 0 aromatic heterocycles. The van der Waals surface area contributed by atoms with Crippen LogP contribution < -0.4 is 19.5 Å². The van der Waals surface area contributed by atoms with Crippen molar-refractivity contribution in [2.24, 2.45) is 5.92 Å². The number of benzene rings is 3. The van der Waals surface area contributed by atoms with E-state index in [4.69, 9.17) is 21.1 Å². The van der Waals surface area contributed by atoms with E-state index in [1.165, 1.54) is 0 Å². The van der Waals surface area contributed by atoms with Crippen molar-refractivity contribution in [3.05, 3.63) is 89.0 Å². The number of allylic oxidation sites excluding steroid dienone is 2. The molecule has 0 unspecified atom stereocenters. The monoisotopic (exact) mass is 496 g/mol. The minimum absolute atomic E-state index is 0.00964. The van der Waals surface area contributed by atoms with Gasteiger partial charge in [-0.1, -0.05) is 42.0 Å². The topological polar surface area (TPSA) is 76.7 Å². The number of nitrogens with one attached hydrogen (secondary N) is 2. The molecule has 3 atom stereocenters. The van der Waals surface area contributed by atoms with Crippen LogP contribution in [0.1, 0.15) is 29.5 Å². The van der Waals surface area contributed by atoms with Crippen molar-refractivity contribution in [2.75, 3.05) is 24.3 Å². The van der Waals surface area contributed by atoms with Gasteiger partial charge in [0.2, 0.25) is 0 Å². The summed E-state index contributed by atoms with van der Waals surface area (Å²) in [7, 11) is -0.500. The van der Waals surface area contributed by atoms with Crippen LogP contribution in [0.2, 0.25) is 5.02 Å². The number of methoxy groups -OCH3 is 2. The molecule has 2 aliphatic rings. The molecular formula is C26H25ClN2O4S. The van der Waals surface area contributed by atoms with Crippen molar-refractivity contribution in [1.29, 1.82) is 0 Å². The zero-order valence-electron chi connectivity index (χ0n) is 18.8. The smallest absolute Gasteiger partial charge is 0.261 e. The normalized spacial score (nSPS) is 20.7. The highest BCUT2D eigenvalue weighted by Crippen LogP contribution is 2.52. The lowest BCUT2D eigenvalue weighted by Crippen LogP contribution is -2.29. The molecule has 0 fully saturated rings. The molecule has 3 aromatic rings. The third kappa shape index (κ3) is 3.99.